The van der Waals surface area contributed by atoms with E-state index in [4.69, 9.17) is 9.84 Å². The van der Waals surface area contributed by atoms with Crippen molar-refractivity contribution in [1.29, 1.82) is 0 Å². The van der Waals surface area contributed by atoms with Gasteiger partial charge in [0.1, 0.15) is 17.9 Å². The molecule has 20 heavy (non-hydrogen) atoms. The molecule has 1 aromatic rings. The summed E-state index contributed by atoms with van der Waals surface area (Å²) in [5.41, 5.74) is 0.180. The van der Waals surface area contributed by atoms with E-state index >= 15 is 0 Å². The zero-order chi connectivity index (χ0) is 14.5. The van der Waals surface area contributed by atoms with Gasteiger partial charge < -0.3 is 14.9 Å². The Morgan fingerprint density at radius 3 is 2.90 bits per heavy atom. The molecule has 0 radical (unpaired) electrons. The second kappa shape index (κ2) is 6.72. The Hall–Kier alpha value is -1.59. The van der Waals surface area contributed by atoms with Gasteiger partial charge in [-0.1, -0.05) is 19.1 Å². The fourth-order valence-corrected chi connectivity index (χ4v) is 2.37. The van der Waals surface area contributed by atoms with Crippen LogP contribution in [0.1, 0.15) is 23.7 Å². The fraction of sp³-hybridized carbons (Fsp3) is 0.533. The molecule has 1 aliphatic rings. The fourth-order valence-electron chi connectivity index (χ4n) is 2.37. The maximum atomic E-state index is 11.0. The Morgan fingerprint density at radius 2 is 2.20 bits per heavy atom. The zero-order valence-electron chi connectivity index (χ0n) is 11.7. The van der Waals surface area contributed by atoms with E-state index in [1.165, 1.54) is 6.07 Å². The molecule has 2 N–H and O–H groups in total. The van der Waals surface area contributed by atoms with E-state index in [0.29, 0.717) is 31.4 Å². The molecule has 5 heteroatoms. The largest absolute Gasteiger partial charge is 0.491 e. The lowest BCUT2D eigenvalue weighted by atomic mass is 9.96. The maximum absolute atomic E-state index is 11.0. The lowest BCUT2D eigenvalue weighted by molar-refractivity contribution is 0.0243. The number of para-hydroxylation sites is 1. The van der Waals surface area contributed by atoms with E-state index in [2.05, 4.69) is 11.8 Å². The lowest BCUT2D eigenvalue weighted by Crippen LogP contribution is -2.44. The normalized spacial score (nSPS) is 23.5. The van der Waals surface area contributed by atoms with Crippen molar-refractivity contribution in [3.63, 3.8) is 0 Å². The Kier molecular flexibility index (Phi) is 4.98. The second-order valence-electron chi connectivity index (χ2n) is 5.28. The molecule has 0 bridgehead atoms. The first-order valence-corrected chi connectivity index (χ1v) is 6.93. The van der Waals surface area contributed by atoms with Crippen LogP contribution in [0.15, 0.2) is 24.3 Å². The van der Waals surface area contributed by atoms with Gasteiger partial charge in [0, 0.05) is 13.1 Å². The SMILES string of the molecule is CC1CCN(CCOc2ccccc2C(=O)O)CC1O. The molecule has 1 heterocycles. The van der Waals surface area contributed by atoms with Crippen molar-refractivity contribution in [3.8, 4) is 5.75 Å². The predicted octanol–water partition coefficient (Wildman–Crippen LogP) is 1.47. The van der Waals surface area contributed by atoms with Gasteiger partial charge in [0.2, 0.25) is 0 Å². The average Bonchev–Trinajstić information content (AvgIpc) is 2.43. The molecule has 1 aliphatic heterocycles. The van der Waals surface area contributed by atoms with Crippen LogP contribution in [0.2, 0.25) is 0 Å². The number of nitrogens with zero attached hydrogens (tertiary/aromatic N) is 1. The smallest absolute Gasteiger partial charge is 0.339 e. The first-order chi connectivity index (χ1) is 9.58. The summed E-state index contributed by atoms with van der Waals surface area (Å²) >= 11 is 0. The van der Waals surface area contributed by atoms with Crippen molar-refractivity contribution in [3.05, 3.63) is 29.8 Å². The predicted molar refractivity (Wildman–Crippen MR) is 75.1 cm³/mol. The van der Waals surface area contributed by atoms with E-state index in [0.717, 1.165) is 13.0 Å². The summed E-state index contributed by atoms with van der Waals surface area (Å²) in [5.74, 6) is -0.242. The third-order valence-corrected chi connectivity index (χ3v) is 3.79. The van der Waals surface area contributed by atoms with E-state index in [9.17, 15) is 9.90 Å². The standard InChI is InChI=1S/C15H21NO4/c1-11-6-7-16(10-13(11)17)8-9-20-14-5-3-2-4-12(14)15(18)19/h2-5,11,13,17H,6-10H2,1H3,(H,18,19). The highest BCUT2D eigenvalue weighted by molar-refractivity contribution is 5.90. The van der Waals surface area contributed by atoms with Crippen molar-refractivity contribution in [2.45, 2.75) is 19.4 Å². The zero-order valence-corrected chi connectivity index (χ0v) is 11.7. The molecule has 0 spiro atoms. The van der Waals surface area contributed by atoms with Gasteiger partial charge in [-0.3, -0.25) is 4.90 Å². The number of ether oxygens (including phenoxy) is 1. The number of benzene rings is 1. The van der Waals surface area contributed by atoms with E-state index < -0.39 is 5.97 Å². The first kappa shape index (κ1) is 14.8. The van der Waals surface area contributed by atoms with Gasteiger partial charge in [0.05, 0.1) is 6.10 Å². The van der Waals surface area contributed by atoms with Gasteiger partial charge in [-0.05, 0) is 31.0 Å². The topological polar surface area (TPSA) is 70.0 Å². The van der Waals surface area contributed by atoms with Gasteiger partial charge in [0.15, 0.2) is 0 Å². The number of carboxylic acid groups (broad SMARTS) is 1. The van der Waals surface area contributed by atoms with E-state index in [1.807, 2.05) is 0 Å². The number of aromatic carboxylic acids is 1. The summed E-state index contributed by atoms with van der Waals surface area (Å²) in [4.78, 5) is 13.2. The van der Waals surface area contributed by atoms with Gasteiger partial charge in [-0.25, -0.2) is 4.79 Å². The van der Waals surface area contributed by atoms with Crippen LogP contribution in [-0.2, 0) is 0 Å². The summed E-state index contributed by atoms with van der Waals surface area (Å²) in [5, 5.41) is 18.9. The van der Waals surface area contributed by atoms with E-state index in [1.54, 1.807) is 18.2 Å². The highest BCUT2D eigenvalue weighted by Crippen LogP contribution is 2.19. The Bertz CT molecular complexity index is 463. The number of aliphatic hydroxyl groups is 1. The molecule has 0 aromatic heterocycles. The number of piperidine rings is 1. The van der Waals surface area contributed by atoms with Crippen molar-refractivity contribution in [2.75, 3.05) is 26.2 Å². The molecule has 2 rings (SSSR count). The minimum atomic E-state index is -0.984. The number of likely N-dealkylation sites (tertiary alicyclic amines) is 1. The van der Waals surface area contributed by atoms with E-state index in [-0.39, 0.29) is 11.7 Å². The number of aliphatic hydroxyl groups excluding tert-OH is 1. The first-order valence-electron chi connectivity index (χ1n) is 6.93. The van der Waals surface area contributed by atoms with Crippen molar-refractivity contribution in [2.24, 2.45) is 5.92 Å². The van der Waals surface area contributed by atoms with Crippen LogP contribution in [-0.4, -0.2) is 53.4 Å². The quantitative estimate of drug-likeness (QED) is 0.854. The molecular weight excluding hydrogens is 258 g/mol. The van der Waals surface area contributed by atoms with Crippen LogP contribution in [0.5, 0.6) is 5.75 Å². The van der Waals surface area contributed by atoms with Crippen LogP contribution in [0.4, 0.5) is 0 Å². The van der Waals surface area contributed by atoms with Crippen molar-refractivity contribution in [1.82, 2.24) is 4.90 Å². The maximum Gasteiger partial charge on any atom is 0.339 e. The molecule has 2 unspecified atom stereocenters. The van der Waals surface area contributed by atoms with Crippen LogP contribution < -0.4 is 4.74 Å². The summed E-state index contributed by atoms with van der Waals surface area (Å²) < 4.78 is 5.56. The molecule has 1 fully saturated rings. The Morgan fingerprint density at radius 1 is 1.45 bits per heavy atom. The summed E-state index contributed by atoms with van der Waals surface area (Å²) in [6.07, 6.45) is 0.697. The Balaban J connectivity index is 1.83. The summed E-state index contributed by atoms with van der Waals surface area (Å²) in [6, 6.07) is 6.63. The van der Waals surface area contributed by atoms with Gasteiger partial charge in [0.25, 0.3) is 0 Å². The number of hydrogen-bond donors (Lipinski definition) is 2. The Labute approximate surface area is 118 Å². The monoisotopic (exact) mass is 279 g/mol. The molecule has 0 amide bonds. The van der Waals surface area contributed by atoms with Crippen molar-refractivity contribution >= 4 is 5.97 Å². The summed E-state index contributed by atoms with van der Waals surface area (Å²) in [7, 11) is 0. The molecule has 0 saturated carbocycles. The number of rotatable bonds is 5. The third-order valence-electron chi connectivity index (χ3n) is 3.79. The highest BCUT2D eigenvalue weighted by Gasteiger charge is 2.23. The molecule has 5 nitrogen and oxygen atoms in total. The second-order valence-corrected chi connectivity index (χ2v) is 5.28. The van der Waals surface area contributed by atoms with Gasteiger partial charge in [-0.15, -0.1) is 0 Å². The van der Waals surface area contributed by atoms with Crippen LogP contribution in [0.3, 0.4) is 0 Å². The van der Waals surface area contributed by atoms with Crippen molar-refractivity contribution < 1.29 is 19.7 Å². The van der Waals surface area contributed by atoms with Crippen LogP contribution in [0.25, 0.3) is 0 Å². The van der Waals surface area contributed by atoms with Gasteiger partial charge >= 0.3 is 5.97 Å². The molecule has 2 atom stereocenters. The summed E-state index contributed by atoms with van der Waals surface area (Å²) in [6.45, 7) is 4.78. The lowest BCUT2D eigenvalue weighted by Gasteiger charge is -2.34. The minimum absolute atomic E-state index is 0.180. The third kappa shape index (κ3) is 3.71. The molecular formula is C15H21NO4. The average molecular weight is 279 g/mol. The number of β-amino-alcohol motifs (C(OH)–C–C–N with tert-alkyl or cyclic N) is 1. The van der Waals surface area contributed by atoms with Gasteiger partial charge in [-0.2, -0.15) is 0 Å². The molecule has 110 valence electrons. The number of hydrogen-bond acceptors (Lipinski definition) is 4. The molecule has 1 saturated heterocycles. The number of carbonyl (C=O) groups is 1. The molecule has 1 aromatic carbocycles. The highest BCUT2D eigenvalue weighted by atomic mass is 16.5. The van der Waals surface area contributed by atoms with Crippen LogP contribution in [0, 0.1) is 5.92 Å². The minimum Gasteiger partial charge on any atom is -0.491 e. The van der Waals surface area contributed by atoms with Crippen LogP contribution >= 0.6 is 0 Å². The molecule has 0 aliphatic carbocycles. The number of carboxylic acids is 1.